The van der Waals surface area contributed by atoms with E-state index >= 15 is 0 Å². The molecule has 1 rings (SSSR count). The second-order valence-electron chi connectivity index (χ2n) is 2.31. The van der Waals surface area contributed by atoms with Gasteiger partial charge >= 0.3 is 6.18 Å². The first-order valence-corrected chi connectivity index (χ1v) is 3.92. The molecule has 0 amide bonds. The number of aryl methyl sites for hydroxylation is 1. The average Bonchev–Trinajstić information content (AvgIpc) is 1.94. The first-order valence-electron chi connectivity index (χ1n) is 3.13. The van der Waals surface area contributed by atoms with Gasteiger partial charge in [-0.1, -0.05) is 0 Å². The van der Waals surface area contributed by atoms with Crippen molar-refractivity contribution < 1.29 is 13.2 Å². The highest BCUT2D eigenvalue weighted by atomic mass is 79.9. The van der Waals surface area contributed by atoms with E-state index in [0.29, 0.717) is 6.07 Å². The fraction of sp³-hybridized carbons (Fsp3) is 0.333. The Morgan fingerprint density at radius 2 is 2.08 bits per heavy atom. The van der Waals surface area contributed by atoms with Crippen molar-refractivity contribution in [2.45, 2.75) is 6.18 Å². The number of rotatable bonds is 0. The van der Waals surface area contributed by atoms with Crippen molar-refractivity contribution in [1.82, 2.24) is 9.78 Å². The number of alkyl halides is 3. The van der Waals surface area contributed by atoms with Gasteiger partial charge in [-0.05, 0) is 15.9 Å². The van der Waals surface area contributed by atoms with Crippen LogP contribution in [0.25, 0.3) is 0 Å². The number of nitrogens with zero attached hydrogens (tertiary/aromatic N) is 2. The molecule has 0 aliphatic carbocycles. The van der Waals surface area contributed by atoms with Gasteiger partial charge in [0.25, 0.3) is 5.56 Å². The van der Waals surface area contributed by atoms with E-state index in [1.807, 2.05) is 0 Å². The van der Waals surface area contributed by atoms with Gasteiger partial charge in [0.05, 0.1) is 5.56 Å². The molecule has 0 aliphatic rings. The molecule has 0 atom stereocenters. The molecule has 72 valence electrons. The van der Waals surface area contributed by atoms with Crippen molar-refractivity contribution in [3.05, 3.63) is 26.6 Å². The van der Waals surface area contributed by atoms with Crippen LogP contribution in [-0.4, -0.2) is 9.78 Å². The lowest BCUT2D eigenvalue weighted by Crippen LogP contribution is -2.22. The highest BCUT2D eigenvalue weighted by Crippen LogP contribution is 2.32. The molecular formula is C6H4BrF3N2O. The highest BCUT2D eigenvalue weighted by Gasteiger charge is 2.34. The molecule has 3 nitrogen and oxygen atoms in total. The van der Waals surface area contributed by atoms with Crippen LogP contribution in [0.4, 0.5) is 13.2 Å². The summed E-state index contributed by atoms with van der Waals surface area (Å²) in [7, 11) is 1.27. The van der Waals surface area contributed by atoms with E-state index in [1.165, 1.54) is 7.05 Å². The van der Waals surface area contributed by atoms with E-state index in [2.05, 4.69) is 21.0 Å². The van der Waals surface area contributed by atoms with E-state index < -0.39 is 17.3 Å². The smallest absolute Gasteiger partial charge is 0.268 e. The molecule has 0 spiro atoms. The Hall–Kier alpha value is -0.850. The van der Waals surface area contributed by atoms with Gasteiger partial charge in [0.2, 0.25) is 0 Å². The first kappa shape index (κ1) is 10.2. The summed E-state index contributed by atoms with van der Waals surface area (Å²) in [5, 5.41) is 3.34. The zero-order valence-corrected chi connectivity index (χ0v) is 7.98. The van der Waals surface area contributed by atoms with Gasteiger partial charge in [0, 0.05) is 13.1 Å². The molecule has 1 aromatic rings. The molecule has 0 radical (unpaired) electrons. The van der Waals surface area contributed by atoms with Crippen LogP contribution in [-0.2, 0) is 13.2 Å². The molecule has 0 saturated heterocycles. The summed E-state index contributed by atoms with van der Waals surface area (Å²) in [4.78, 5) is 10.8. The number of aromatic nitrogens is 2. The van der Waals surface area contributed by atoms with Gasteiger partial charge in [-0.2, -0.15) is 18.3 Å². The fourth-order valence-corrected chi connectivity index (χ4v) is 1.29. The summed E-state index contributed by atoms with van der Waals surface area (Å²) in [6, 6.07) is 0.497. The monoisotopic (exact) mass is 256 g/mol. The predicted molar refractivity (Wildman–Crippen MR) is 42.2 cm³/mol. The third-order valence-electron chi connectivity index (χ3n) is 1.35. The molecule has 7 heteroatoms. The van der Waals surface area contributed by atoms with Crippen LogP contribution in [0.5, 0.6) is 0 Å². The van der Waals surface area contributed by atoms with Gasteiger partial charge in [0.1, 0.15) is 4.60 Å². The Morgan fingerprint density at radius 1 is 1.54 bits per heavy atom. The van der Waals surface area contributed by atoms with Crippen LogP contribution in [0.2, 0.25) is 0 Å². The molecule has 1 aromatic heterocycles. The molecule has 13 heavy (non-hydrogen) atoms. The molecule has 0 saturated carbocycles. The Balaban J connectivity index is 3.41. The Labute approximate surface area is 79.3 Å². The molecule has 0 aromatic carbocycles. The minimum atomic E-state index is -4.56. The van der Waals surface area contributed by atoms with Crippen LogP contribution >= 0.6 is 15.9 Å². The van der Waals surface area contributed by atoms with Crippen molar-refractivity contribution in [3.63, 3.8) is 0 Å². The molecular weight excluding hydrogens is 253 g/mol. The summed E-state index contributed by atoms with van der Waals surface area (Å²) in [5.41, 5.74) is -1.86. The first-order chi connectivity index (χ1) is 5.82. The maximum Gasteiger partial charge on any atom is 0.419 e. The lowest BCUT2D eigenvalue weighted by molar-refractivity contribution is -0.138. The number of hydrogen-bond acceptors (Lipinski definition) is 2. The van der Waals surface area contributed by atoms with Crippen molar-refractivity contribution in [3.8, 4) is 0 Å². The van der Waals surface area contributed by atoms with E-state index in [0.717, 1.165) is 4.68 Å². The standard InChI is InChI=1S/C6H4BrF3N2O/c1-12-4(13)2-3(5(7)11-12)6(8,9)10/h2H,1H3. The normalized spacial score (nSPS) is 11.8. The summed E-state index contributed by atoms with van der Waals surface area (Å²) in [6.07, 6.45) is -4.56. The maximum atomic E-state index is 12.1. The van der Waals surface area contributed by atoms with Crippen LogP contribution < -0.4 is 5.56 Å². The number of halogens is 4. The third kappa shape index (κ3) is 2.09. The quantitative estimate of drug-likeness (QED) is 0.706. The minimum Gasteiger partial charge on any atom is -0.268 e. The highest BCUT2D eigenvalue weighted by molar-refractivity contribution is 9.10. The van der Waals surface area contributed by atoms with Crippen molar-refractivity contribution in [2.75, 3.05) is 0 Å². The van der Waals surface area contributed by atoms with E-state index in [1.54, 1.807) is 0 Å². The van der Waals surface area contributed by atoms with Crippen LogP contribution in [0, 0.1) is 0 Å². The van der Waals surface area contributed by atoms with Crippen molar-refractivity contribution in [1.29, 1.82) is 0 Å². The lowest BCUT2D eigenvalue weighted by atomic mass is 10.3. The Kier molecular flexibility index (Phi) is 2.47. The molecule has 0 N–H and O–H groups in total. The molecule has 0 fully saturated rings. The largest absolute Gasteiger partial charge is 0.419 e. The average molecular weight is 257 g/mol. The molecule has 0 unspecified atom stereocenters. The maximum absolute atomic E-state index is 12.1. The Bertz CT molecular complexity index is 384. The van der Waals surface area contributed by atoms with E-state index in [-0.39, 0.29) is 4.60 Å². The molecule has 0 bridgehead atoms. The lowest BCUT2D eigenvalue weighted by Gasteiger charge is -2.07. The zero-order valence-electron chi connectivity index (χ0n) is 6.39. The van der Waals surface area contributed by atoms with Crippen LogP contribution in [0.15, 0.2) is 15.5 Å². The van der Waals surface area contributed by atoms with Gasteiger partial charge in [-0.15, -0.1) is 0 Å². The van der Waals surface area contributed by atoms with Crippen LogP contribution in [0.1, 0.15) is 5.56 Å². The zero-order chi connectivity index (χ0) is 10.2. The van der Waals surface area contributed by atoms with Crippen molar-refractivity contribution >= 4 is 15.9 Å². The SMILES string of the molecule is Cn1nc(Br)c(C(F)(F)F)cc1=O. The molecule has 0 aliphatic heterocycles. The van der Waals surface area contributed by atoms with E-state index in [4.69, 9.17) is 0 Å². The van der Waals surface area contributed by atoms with E-state index in [9.17, 15) is 18.0 Å². The van der Waals surface area contributed by atoms with Gasteiger partial charge in [0.15, 0.2) is 0 Å². The third-order valence-corrected chi connectivity index (χ3v) is 1.94. The second kappa shape index (κ2) is 3.13. The van der Waals surface area contributed by atoms with Gasteiger partial charge in [-0.3, -0.25) is 4.79 Å². The predicted octanol–water partition coefficient (Wildman–Crippen LogP) is 1.56. The topological polar surface area (TPSA) is 34.9 Å². The summed E-state index contributed by atoms with van der Waals surface area (Å²) >= 11 is 2.63. The number of hydrogen-bond donors (Lipinski definition) is 0. The summed E-state index contributed by atoms with van der Waals surface area (Å²) < 4.78 is 36.9. The molecule has 1 heterocycles. The van der Waals surface area contributed by atoms with Gasteiger partial charge in [-0.25, -0.2) is 4.68 Å². The van der Waals surface area contributed by atoms with Crippen molar-refractivity contribution in [2.24, 2.45) is 7.05 Å². The minimum absolute atomic E-state index is 0.387. The Morgan fingerprint density at radius 3 is 2.54 bits per heavy atom. The second-order valence-corrected chi connectivity index (χ2v) is 3.06. The van der Waals surface area contributed by atoms with Crippen LogP contribution in [0.3, 0.4) is 0 Å². The fourth-order valence-electron chi connectivity index (χ4n) is 0.710. The summed E-state index contributed by atoms with van der Waals surface area (Å²) in [5.74, 6) is 0. The van der Waals surface area contributed by atoms with Gasteiger partial charge < -0.3 is 0 Å². The summed E-state index contributed by atoms with van der Waals surface area (Å²) in [6.45, 7) is 0.